The summed E-state index contributed by atoms with van der Waals surface area (Å²) in [6, 6.07) is 5.43. The van der Waals surface area contributed by atoms with Crippen LogP contribution >= 0.6 is 35.3 Å². The Labute approximate surface area is 179 Å². The van der Waals surface area contributed by atoms with E-state index in [1.165, 1.54) is 11.3 Å². The molecule has 2 N–H and O–H groups in total. The summed E-state index contributed by atoms with van der Waals surface area (Å²) in [5.41, 5.74) is 2.58. The number of nitrogens with one attached hydrogen (secondary N) is 2. The monoisotopic (exact) mass is 437 g/mol. The van der Waals surface area contributed by atoms with Crippen molar-refractivity contribution in [2.45, 2.75) is 26.8 Å². The van der Waals surface area contributed by atoms with E-state index in [4.69, 9.17) is 11.6 Å². The summed E-state index contributed by atoms with van der Waals surface area (Å²) in [5.74, 6) is 0.500. The van der Waals surface area contributed by atoms with Crippen LogP contribution < -0.4 is 10.6 Å². The van der Waals surface area contributed by atoms with E-state index in [9.17, 15) is 4.79 Å². The van der Waals surface area contributed by atoms with E-state index in [2.05, 4.69) is 25.6 Å². The predicted molar refractivity (Wildman–Crippen MR) is 116 cm³/mol. The Bertz CT molecular complexity index is 917. The highest BCUT2D eigenvalue weighted by molar-refractivity contribution is 7.11. The first-order valence-electron chi connectivity index (χ1n) is 8.49. The van der Waals surface area contributed by atoms with Gasteiger partial charge in [0.25, 0.3) is 5.91 Å². The third-order valence-electron chi connectivity index (χ3n) is 3.98. The van der Waals surface area contributed by atoms with Crippen LogP contribution in [0.2, 0.25) is 5.02 Å². The first kappa shape index (κ1) is 22.1. The van der Waals surface area contributed by atoms with Gasteiger partial charge in [-0.1, -0.05) is 25.4 Å². The second kappa shape index (κ2) is 9.82. The largest absolute Gasteiger partial charge is 0.343 e. The average molecular weight is 438 g/mol. The lowest BCUT2D eigenvalue weighted by molar-refractivity contribution is 0.0925. The van der Waals surface area contributed by atoms with Crippen LogP contribution in [-0.2, 0) is 0 Å². The van der Waals surface area contributed by atoms with Crippen molar-refractivity contribution in [1.82, 2.24) is 20.3 Å². The topological polar surface area (TPSA) is 79.8 Å². The minimum atomic E-state index is -0.221. The number of carbonyl (C=O) groups is 1. The molecule has 0 fully saturated rings. The van der Waals surface area contributed by atoms with Crippen LogP contribution in [0.25, 0.3) is 0 Å². The Morgan fingerprint density at radius 1 is 1.18 bits per heavy atom. The highest BCUT2D eigenvalue weighted by Crippen LogP contribution is 2.29. The molecule has 1 atom stereocenters. The number of anilines is 2. The first-order valence-corrected chi connectivity index (χ1v) is 9.75. The highest BCUT2D eigenvalue weighted by Gasteiger charge is 2.21. The van der Waals surface area contributed by atoms with Crippen molar-refractivity contribution in [3.63, 3.8) is 0 Å². The molecule has 148 valence electrons. The van der Waals surface area contributed by atoms with E-state index < -0.39 is 0 Å². The summed E-state index contributed by atoms with van der Waals surface area (Å²) in [5, 5.41) is 8.86. The van der Waals surface area contributed by atoms with Crippen molar-refractivity contribution in [1.29, 1.82) is 0 Å². The number of aromatic nitrogens is 3. The van der Waals surface area contributed by atoms with Gasteiger partial charge in [-0.25, -0.2) is 9.97 Å². The lowest BCUT2D eigenvalue weighted by atomic mass is 9.97. The van der Waals surface area contributed by atoms with Gasteiger partial charge < -0.3 is 10.6 Å². The van der Waals surface area contributed by atoms with Crippen LogP contribution in [0.5, 0.6) is 0 Å². The maximum absolute atomic E-state index is 12.4. The Balaban J connectivity index is 0.00000280. The molecule has 0 unspecified atom stereocenters. The smallest absolute Gasteiger partial charge is 0.280 e. The van der Waals surface area contributed by atoms with E-state index in [1.807, 2.05) is 39.0 Å². The van der Waals surface area contributed by atoms with Gasteiger partial charge >= 0.3 is 0 Å². The molecule has 3 heterocycles. The predicted octanol–water partition coefficient (Wildman–Crippen LogP) is 5.19. The number of aryl methyl sites for hydroxylation is 1. The maximum atomic E-state index is 12.4. The van der Waals surface area contributed by atoms with Gasteiger partial charge in [0, 0.05) is 23.5 Å². The van der Waals surface area contributed by atoms with Gasteiger partial charge in [-0.3, -0.25) is 9.78 Å². The second-order valence-electron chi connectivity index (χ2n) is 6.44. The Morgan fingerprint density at radius 3 is 2.54 bits per heavy atom. The molecule has 0 aliphatic carbocycles. The van der Waals surface area contributed by atoms with Crippen LogP contribution in [0.15, 0.2) is 42.2 Å². The SMILES string of the molecule is Cc1ccc(Nc2ncc([C@H](NC(=O)c3nccs3)C(C)C)cc2Cl)cn1.Cl. The molecule has 3 aromatic heterocycles. The summed E-state index contributed by atoms with van der Waals surface area (Å²) in [7, 11) is 0. The fourth-order valence-electron chi connectivity index (χ4n) is 2.57. The number of hydrogen-bond acceptors (Lipinski definition) is 6. The van der Waals surface area contributed by atoms with Gasteiger partial charge in [-0.05, 0) is 36.6 Å². The van der Waals surface area contributed by atoms with Gasteiger partial charge in [-0.15, -0.1) is 23.7 Å². The van der Waals surface area contributed by atoms with Crippen molar-refractivity contribution in [2.75, 3.05) is 5.32 Å². The molecular formula is C19H21Cl2N5OS. The van der Waals surface area contributed by atoms with Crippen molar-refractivity contribution in [3.05, 3.63) is 63.5 Å². The minimum Gasteiger partial charge on any atom is -0.343 e. The first-order chi connectivity index (χ1) is 12.9. The number of thiazole rings is 1. The molecule has 28 heavy (non-hydrogen) atoms. The van der Waals surface area contributed by atoms with E-state index in [0.717, 1.165) is 16.9 Å². The zero-order chi connectivity index (χ0) is 19.4. The van der Waals surface area contributed by atoms with Gasteiger partial charge in [0.1, 0.15) is 5.82 Å². The molecule has 3 rings (SSSR count). The maximum Gasteiger partial charge on any atom is 0.280 e. The standard InChI is InChI=1S/C19H20ClN5OS.ClH/c1-11(2)16(25-18(26)19-21-6-7-27-19)13-8-15(20)17(23-9-13)24-14-5-4-12(3)22-10-14;/h4-11,16H,1-3H3,(H,23,24)(H,25,26);1H/t16-;/m1./s1. The lowest BCUT2D eigenvalue weighted by Gasteiger charge is -2.22. The van der Waals surface area contributed by atoms with E-state index in [1.54, 1.807) is 24.0 Å². The van der Waals surface area contributed by atoms with Crippen molar-refractivity contribution in [2.24, 2.45) is 5.92 Å². The van der Waals surface area contributed by atoms with E-state index >= 15 is 0 Å². The third kappa shape index (κ3) is 5.41. The zero-order valence-electron chi connectivity index (χ0n) is 15.6. The number of nitrogens with zero attached hydrogens (tertiary/aromatic N) is 3. The van der Waals surface area contributed by atoms with Crippen molar-refractivity contribution >= 4 is 52.8 Å². The molecule has 0 aliphatic rings. The van der Waals surface area contributed by atoms with E-state index in [-0.39, 0.29) is 30.3 Å². The molecule has 6 nitrogen and oxygen atoms in total. The molecule has 3 aromatic rings. The van der Waals surface area contributed by atoms with Gasteiger partial charge in [0.2, 0.25) is 0 Å². The fourth-order valence-corrected chi connectivity index (χ4v) is 3.33. The second-order valence-corrected chi connectivity index (χ2v) is 7.75. The number of halogens is 2. The van der Waals surface area contributed by atoms with Crippen molar-refractivity contribution < 1.29 is 4.79 Å². The molecule has 0 aliphatic heterocycles. The van der Waals surface area contributed by atoms with E-state index in [0.29, 0.717) is 15.8 Å². The quantitative estimate of drug-likeness (QED) is 0.554. The van der Waals surface area contributed by atoms with Crippen LogP contribution in [0.4, 0.5) is 11.5 Å². The summed E-state index contributed by atoms with van der Waals surface area (Å²) < 4.78 is 0. The Hall–Kier alpha value is -2.22. The molecule has 0 aromatic carbocycles. The van der Waals surface area contributed by atoms with Gasteiger partial charge in [0.05, 0.1) is 22.9 Å². The molecule has 0 spiro atoms. The average Bonchev–Trinajstić information content (AvgIpc) is 3.17. The molecule has 9 heteroatoms. The summed E-state index contributed by atoms with van der Waals surface area (Å²) in [4.78, 5) is 25.1. The Morgan fingerprint density at radius 2 is 1.96 bits per heavy atom. The fraction of sp³-hybridized carbons (Fsp3) is 0.263. The lowest BCUT2D eigenvalue weighted by Crippen LogP contribution is -2.31. The molecule has 1 amide bonds. The van der Waals surface area contributed by atoms with Crippen molar-refractivity contribution in [3.8, 4) is 0 Å². The van der Waals surface area contributed by atoms with Crippen LogP contribution in [0.3, 0.4) is 0 Å². The highest BCUT2D eigenvalue weighted by atomic mass is 35.5. The summed E-state index contributed by atoms with van der Waals surface area (Å²) in [6.45, 7) is 5.99. The number of pyridine rings is 2. The van der Waals surface area contributed by atoms with Gasteiger partial charge in [-0.2, -0.15) is 0 Å². The molecule has 0 bridgehead atoms. The molecule has 0 saturated carbocycles. The zero-order valence-corrected chi connectivity index (χ0v) is 18.0. The van der Waals surface area contributed by atoms with Gasteiger partial charge in [0.15, 0.2) is 5.01 Å². The summed E-state index contributed by atoms with van der Waals surface area (Å²) in [6.07, 6.45) is 5.07. The molecule has 0 saturated heterocycles. The Kier molecular flexibility index (Phi) is 7.74. The summed E-state index contributed by atoms with van der Waals surface area (Å²) >= 11 is 7.73. The number of carbonyl (C=O) groups excluding carboxylic acids is 1. The van der Waals surface area contributed by atoms with Crippen LogP contribution in [0, 0.1) is 12.8 Å². The van der Waals surface area contributed by atoms with Crippen LogP contribution in [0.1, 0.15) is 40.9 Å². The molecule has 0 radical (unpaired) electrons. The minimum absolute atomic E-state index is 0. The normalized spacial score (nSPS) is 11.6. The molecular weight excluding hydrogens is 417 g/mol. The number of rotatable bonds is 6. The van der Waals surface area contributed by atoms with Crippen LogP contribution in [-0.4, -0.2) is 20.9 Å². The number of hydrogen-bond donors (Lipinski definition) is 2. The number of amides is 1. The third-order valence-corrected chi connectivity index (χ3v) is 5.04.